The first kappa shape index (κ1) is 14.9. The predicted molar refractivity (Wildman–Crippen MR) is 83.6 cm³/mol. The molecule has 0 unspecified atom stereocenters. The third-order valence-electron chi connectivity index (χ3n) is 4.54. The van der Waals surface area contributed by atoms with Crippen LogP contribution in [0.5, 0.6) is 0 Å². The third kappa shape index (κ3) is 2.96. The molecule has 2 aromatic rings. The minimum absolute atomic E-state index is 0.263. The molecule has 118 valence electrons. The zero-order valence-electron chi connectivity index (χ0n) is 13.4. The molecule has 1 aliphatic rings. The number of nitrogens with zero attached hydrogens (tertiary/aromatic N) is 5. The van der Waals surface area contributed by atoms with Crippen molar-refractivity contribution >= 4 is 11.7 Å². The van der Waals surface area contributed by atoms with Gasteiger partial charge in [-0.05, 0) is 38.7 Å². The fourth-order valence-corrected chi connectivity index (χ4v) is 3.23. The summed E-state index contributed by atoms with van der Waals surface area (Å²) in [4.78, 5) is 23.1. The fourth-order valence-electron chi connectivity index (χ4n) is 3.23. The van der Waals surface area contributed by atoms with E-state index in [-0.39, 0.29) is 5.91 Å². The summed E-state index contributed by atoms with van der Waals surface area (Å²) in [5.41, 5.74) is 3.09. The molecule has 1 aliphatic heterocycles. The molecule has 22 heavy (non-hydrogen) atoms. The Bertz CT molecular complexity index is 670. The first-order valence-corrected chi connectivity index (χ1v) is 8.10. The molecule has 2 aromatic heterocycles. The Labute approximate surface area is 130 Å². The Hall–Kier alpha value is -1.98. The van der Waals surface area contributed by atoms with Gasteiger partial charge in [0.2, 0.25) is 5.91 Å². The number of hydrogen-bond donors (Lipinski definition) is 0. The van der Waals surface area contributed by atoms with E-state index in [2.05, 4.69) is 15.1 Å². The average molecular weight is 301 g/mol. The maximum Gasteiger partial charge on any atom is 0.252 e. The van der Waals surface area contributed by atoms with E-state index in [1.807, 2.05) is 18.7 Å². The molecule has 3 rings (SSSR count). The molecule has 0 aromatic carbocycles. The molecule has 0 spiro atoms. The van der Waals surface area contributed by atoms with E-state index in [1.54, 1.807) is 4.52 Å². The Balaban J connectivity index is 1.71. The first-order chi connectivity index (χ1) is 10.7. The summed E-state index contributed by atoms with van der Waals surface area (Å²) in [6.45, 7) is 5.82. The monoisotopic (exact) mass is 301 g/mol. The van der Waals surface area contributed by atoms with Gasteiger partial charge in [0.1, 0.15) is 6.33 Å². The second kappa shape index (κ2) is 6.42. The van der Waals surface area contributed by atoms with Crippen LogP contribution in [0.2, 0.25) is 0 Å². The molecule has 0 aliphatic carbocycles. The van der Waals surface area contributed by atoms with Crippen molar-refractivity contribution in [3.8, 4) is 0 Å². The van der Waals surface area contributed by atoms with Crippen molar-refractivity contribution in [2.75, 3.05) is 13.1 Å². The van der Waals surface area contributed by atoms with Crippen molar-refractivity contribution < 1.29 is 4.79 Å². The molecule has 0 atom stereocenters. The molecule has 6 heteroatoms. The predicted octanol–water partition coefficient (Wildman–Crippen LogP) is 2.08. The number of rotatable bonds is 3. The summed E-state index contributed by atoms with van der Waals surface area (Å²) in [7, 11) is 0. The van der Waals surface area contributed by atoms with Gasteiger partial charge in [-0.1, -0.05) is 12.8 Å². The standard InChI is InChI=1S/C16H23N5O/c1-12-14(13(2)21-16(19-12)17-11-18-21)7-8-15(22)20-9-5-3-4-6-10-20/h11H,3-10H2,1-2H3. The van der Waals surface area contributed by atoms with Crippen molar-refractivity contribution in [2.45, 2.75) is 52.4 Å². The number of likely N-dealkylation sites (tertiary alicyclic amines) is 1. The lowest BCUT2D eigenvalue weighted by atomic mass is 10.1. The number of hydrogen-bond acceptors (Lipinski definition) is 4. The lowest BCUT2D eigenvalue weighted by molar-refractivity contribution is -0.131. The number of carbonyl (C=O) groups is 1. The number of amides is 1. The zero-order chi connectivity index (χ0) is 15.5. The van der Waals surface area contributed by atoms with Crippen LogP contribution in [-0.2, 0) is 11.2 Å². The van der Waals surface area contributed by atoms with Crippen LogP contribution in [-0.4, -0.2) is 43.5 Å². The van der Waals surface area contributed by atoms with Crippen molar-refractivity contribution in [1.29, 1.82) is 0 Å². The van der Waals surface area contributed by atoms with Crippen LogP contribution in [0.4, 0.5) is 0 Å². The van der Waals surface area contributed by atoms with Crippen LogP contribution in [0.3, 0.4) is 0 Å². The number of aromatic nitrogens is 4. The molecule has 0 saturated carbocycles. The van der Waals surface area contributed by atoms with E-state index in [9.17, 15) is 4.79 Å². The smallest absolute Gasteiger partial charge is 0.252 e. The SMILES string of the molecule is Cc1nc2ncnn2c(C)c1CCC(=O)N1CCCCCC1. The van der Waals surface area contributed by atoms with E-state index in [0.29, 0.717) is 12.2 Å². The van der Waals surface area contributed by atoms with E-state index >= 15 is 0 Å². The molecule has 6 nitrogen and oxygen atoms in total. The van der Waals surface area contributed by atoms with Gasteiger partial charge in [0.05, 0.1) is 0 Å². The maximum absolute atomic E-state index is 12.4. The minimum Gasteiger partial charge on any atom is -0.343 e. The van der Waals surface area contributed by atoms with Crippen LogP contribution in [0.15, 0.2) is 6.33 Å². The molecule has 1 amide bonds. The van der Waals surface area contributed by atoms with Gasteiger partial charge in [-0.25, -0.2) is 9.50 Å². The van der Waals surface area contributed by atoms with Crippen LogP contribution < -0.4 is 0 Å². The van der Waals surface area contributed by atoms with Crippen LogP contribution in [0.25, 0.3) is 5.78 Å². The van der Waals surface area contributed by atoms with Crippen molar-refractivity contribution in [3.05, 3.63) is 23.3 Å². The Kier molecular flexibility index (Phi) is 4.36. The highest BCUT2D eigenvalue weighted by Gasteiger charge is 2.17. The zero-order valence-corrected chi connectivity index (χ0v) is 13.4. The maximum atomic E-state index is 12.4. The Morgan fingerprint density at radius 1 is 1.18 bits per heavy atom. The summed E-state index contributed by atoms with van der Waals surface area (Å²) in [6, 6.07) is 0. The molecule has 1 saturated heterocycles. The lowest BCUT2D eigenvalue weighted by Gasteiger charge is -2.20. The van der Waals surface area contributed by atoms with Gasteiger partial charge < -0.3 is 4.90 Å². The van der Waals surface area contributed by atoms with Gasteiger partial charge in [0.25, 0.3) is 5.78 Å². The van der Waals surface area contributed by atoms with Gasteiger partial charge in [-0.3, -0.25) is 4.79 Å². The highest BCUT2D eigenvalue weighted by Crippen LogP contribution is 2.17. The lowest BCUT2D eigenvalue weighted by Crippen LogP contribution is -2.32. The second-order valence-electron chi connectivity index (χ2n) is 6.03. The third-order valence-corrected chi connectivity index (χ3v) is 4.54. The Morgan fingerprint density at radius 3 is 2.64 bits per heavy atom. The molecular weight excluding hydrogens is 278 g/mol. The van der Waals surface area contributed by atoms with Gasteiger partial charge in [-0.2, -0.15) is 10.1 Å². The topological polar surface area (TPSA) is 63.4 Å². The molecular formula is C16H23N5O. The van der Waals surface area contributed by atoms with Crippen LogP contribution in [0, 0.1) is 13.8 Å². The Morgan fingerprint density at radius 2 is 1.91 bits per heavy atom. The van der Waals surface area contributed by atoms with Gasteiger partial charge >= 0.3 is 0 Å². The molecule has 1 fully saturated rings. The summed E-state index contributed by atoms with van der Waals surface area (Å²) >= 11 is 0. The van der Waals surface area contributed by atoms with E-state index in [4.69, 9.17) is 0 Å². The number of fused-ring (bicyclic) bond motifs is 1. The highest BCUT2D eigenvalue weighted by molar-refractivity contribution is 5.76. The number of carbonyl (C=O) groups excluding carboxylic acids is 1. The van der Waals surface area contributed by atoms with Crippen molar-refractivity contribution in [2.24, 2.45) is 0 Å². The van der Waals surface area contributed by atoms with Crippen LogP contribution >= 0.6 is 0 Å². The molecule has 3 heterocycles. The van der Waals surface area contributed by atoms with E-state index in [1.165, 1.54) is 19.2 Å². The highest BCUT2D eigenvalue weighted by atomic mass is 16.2. The van der Waals surface area contributed by atoms with E-state index < -0.39 is 0 Å². The van der Waals surface area contributed by atoms with Crippen molar-refractivity contribution in [1.82, 2.24) is 24.5 Å². The summed E-state index contributed by atoms with van der Waals surface area (Å²) < 4.78 is 1.75. The summed E-state index contributed by atoms with van der Waals surface area (Å²) in [6.07, 6.45) is 7.54. The van der Waals surface area contributed by atoms with Gasteiger partial charge in [0, 0.05) is 30.9 Å². The van der Waals surface area contributed by atoms with Gasteiger partial charge in [-0.15, -0.1) is 0 Å². The summed E-state index contributed by atoms with van der Waals surface area (Å²) in [5.74, 6) is 0.886. The van der Waals surface area contributed by atoms with Crippen LogP contribution in [0.1, 0.15) is 49.1 Å². The van der Waals surface area contributed by atoms with Crippen molar-refractivity contribution in [3.63, 3.8) is 0 Å². The largest absolute Gasteiger partial charge is 0.343 e. The quantitative estimate of drug-likeness (QED) is 0.870. The average Bonchev–Trinajstić information content (AvgIpc) is 2.80. The summed E-state index contributed by atoms with van der Waals surface area (Å²) in [5, 5.41) is 4.20. The molecule has 0 radical (unpaired) electrons. The first-order valence-electron chi connectivity index (χ1n) is 8.10. The molecule has 0 bridgehead atoms. The minimum atomic E-state index is 0.263. The van der Waals surface area contributed by atoms with Gasteiger partial charge in [0.15, 0.2) is 0 Å². The number of aryl methyl sites for hydroxylation is 2. The fraction of sp³-hybridized carbons (Fsp3) is 0.625. The second-order valence-corrected chi connectivity index (χ2v) is 6.03. The molecule has 0 N–H and O–H groups in total. The van der Waals surface area contributed by atoms with E-state index in [0.717, 1.165) is 49.3 Å². The normalized spacial score (nSPS) is 16.0.